The second-order valence-electron chi connectivity index (χ2n) is 4.94. The van der Waals surface area contributed by atoms with E-state index in [9.17, 15) is 4.39 Å². The maximum Gasteiger partial charge on any atom is 0.218 e. The van der Waals surface area contributed by atoms with Crippen LogP contribution in [0.15, 0.2) is 48.8 Å². The van der Waals surface area contributed by atoms with Gasteiger partial charge in [-0.25, -0.2) is 14.5 Å². The first-order valence-corrected chi connectivity index (χ1v) is 7.45. The van der Waals surface area contributed by atoms with Crippen molar-refractivity contribution in [3.8, 4) is 0 Å². The van der Waals surface area contributed by atoms with Crippen LogP contribution in [0.3, 0.4) is 0 Å². The summed E-state index contributed by atoms with van der Waals surface area (Å²) in [6.45, 7) is 0.968. The number of aromatic amines is 1. The quantitative estimate of drug-likeness (QED) is 0.642. The van der Waals surface area contributed by atoms with Gasteiger partial charge in [-0.05, 0) is 29.8 Å². The Kier molecular flexibility index (Phi) is 4.73. The topological polar surface area (TPSA) is 65.6 Å². The van der Waals surface area contributed by atoms with Crippen molar-refractivity contribution in [1.29, 1.82) is 0 Å². The molecule has 1 heterocycles. The van der Waals surface area contributed by atoms with Crippen molar-refractivity contribution in [1.82, 2.24) is 15.2 Å². The molecular weight excluding hydrogens is 317 g/mol. The molecule has 0 aliphatic rings. The zero-order valence-corrected chi connectivity index (χ0v) is 12.9. The van der Waals surface area contributed by atoms with Gasteiger partial charge in [-0.1, -0.05) is 29.8 Å². The van der Waals surface area contributed by atoms with Gasteiger partial charge in [0.2, 0.25) is 5.95 Å². The molecule has 118 valence electrons. The number of nitrogens with zero attached hydrogens (tertiary/aromatic N) is 2. The fraction of sp³-hybridized carbons (Fsp3) is 0.125. The van der Waals surface area contributed by atoms with Crippen LogP contribution < -0.4 is 10.6 Å². The lowest BCUT2D eigenvalue weighted by Gasteiger charge is -2.10. The molecule has 0 fully saturated rings. The normalized spacial score (nSPS) is 10.5. The average molecular weight is 332 g/mol. The maximum absolute atomic E-state index is 13.7. The molecule has 3 rings (SSSR count). The summed E-state index contributed by atoms with van der Waals surface area (Å²) < 4.78 is 13.7. The Hall–Kier alpha value is -2.60. The SMILES string of the molecule is Fc1cccc(Cl)c1CNc1ccc(CNc2ncn[nH]2)cc1. The van der Waals surface area contributed by atoms with Crippen molar-refractivity contribution in [3.05, 3.63) is 70.8 Å². The summed E-state index contributed by atoms with van der Waals surface area (Å²) in [5.74, 6) is 0.319. The molecule has 0 spiro atoms. The zero-order valence-electron chi connectivity index (χ0n) is 12.2. The highest BCUT2D eigenvalue weighted by atomic mass is 35.5. The van der Waals surface area contributed by atoms with Crippen LogP contribution >= 0.6 is 11.6 Å². The number of benzene rings is 2. The molecule has 23 heavy (non-hydrogen) atoms. The first-order chi connectivity index (χ1) is 11.2. The lowest BCUT2D eigenvalue weighted by molar-refractivity contribution is 0.613. The molecule has 0 radical (unpaired) electrons. The van der Waals surface area contributed by atoms with Crippen LogP contribution in [0.1, 0.15) is 11.1 Å². The summed E-state index contributed by atoms with van der Waals surface area (Å²) in [5, 5.41) is 13.2. The van der Waals surface area contributed by atoms with Crippen molar-refractivity contribution in [2.24, 2.45) is 0 Å². The largest absolute Gasteiger partial charge is 0.381 e. The van der Waals surface area contributed by atoms with E-state index in [0.29, 0.717) is 29.6 Å². The molecule has 0 saturated heterocycles. The van der Waals surface area contributed by atoms with Crippen LogP contribution in [0.4, 0.5) is 16.0 Å². The molecule has 0 aliphatic heterocycles. The summed E-state index contributed by atoms with van der Waals surface area (Å²) in [6, 6.07) is 12.5. The Bertz CT molecular complexity index is 738. The Balaban J connectivity index is 1.57. The molecule has 0 saturated carbocycles. The molecule has 2 aromatic carbocycles. The van der Waals surface area contributed by atoms with E-state index in [1.54, 1.807) is 12.1 Å². The second kappa shape index (κ2) is 7.11. The summed E-state index contributed by atoms with van der Waals surface area (Å²) in [7, 11) is 0. The molecule has 5 nitrogen and oxygen atoms in total. The number of anilines is 2. The highest BCUT2D eigenvalue weighted by Gasteiger charge is 2.06. The Morgan fingerprint density at radius 3 is 2.57 bits per heavy atom. The predicted octanol–water partition coefficient (Wildman–Crippen LogP) is 3.82. The summed E-state index contributed by atoms with van der Waals surface area (Å²) in [5.41, 5.74) is 2.45. The van der Waals surface area contributed by atoms with E-state index in [1.165, 1.54) is 12.4 Å². The number of halogens is 2. The fourth-order valence-electron chi connectivity index (χ4n) is 2.11. The summed E-state index contributed by atoms with van der Waals surface area (Å²) >= 11 is 6.01. The van der Waals surface area contributed by atoms with Crippen molar-refractivity contribution in [3.63, 3.8) is 0 Å². The Morgan fingerprint density at radius 1 is 1.04 bits per heavy atom. The number of hydrogen-bond acceptors (Lipinski definition) is 4. The molecule has 0 atom stereocenters. The van der Waals surface area contributed by atoms with Crippen LogP contribution in [-0.2, 0) is 13.1 Å². The molecule has 0 bridgehead atoms. The first kappa shape index (κ1) is 15.3. The number of rotatable bonds is 6. The molecule has 3 aromatic rings. The van der Waals surface area contributed by atoms with Crippen molar-refractivity contribution < 1.29 is 4.39 Å². The van der Waals surface area contributed by atoms with Gasteiger partial charge < -0.3 is 10.6 Å². The number of hydrogen-bond donors (Lipinski definition) is 3. The molecule has 0 unspecified atom stereocenters. The second-order valence-corrected chi connectivity index (χ2v) is 5.35. The predicted molar refractivity (Wildman–Crippen MR) is 88.9 cm³/mol. The minimum Gasteiger partial charge on any atom is -0.381 e. The third-order valence-corrected chi connectivity index (χ3v) is 3.71. The minimum atomic E-state index is -0.308. The van der Waals surface area contributed by atoms with Gasteiger partial charge >= 0.3 is 0 Å². The number of H-pyrrole nitrogens is 1. The minimum absolute atomic E-state index is 0.308. The summed E-state index contributed by atoms with van der Waals surface area (Å²) in [6.07, 6.45) is 1.45. The smallest absolute Gasteiger partial charge is 0.218 e. The fourth-order valence-corrected chi connectivity index (χ4v) is 2.34. The summed E-state index contributed by atoms with van der Waals surface area (Å²) in [4.78, 5) is 3.99. The van der Waals surface area contributed by atoms with Crippen molar-refractivity contribution >= 4 is 23.2 Å². The van der Waals surface area contributed by atoms with Gasteiger partial charge in [0.25, 0.3) is 0 Å². The van der Waals surface area contributed by atoms with Crippen molar-refractivity contribution in [2.75, 3.05) is 10.6 Å². The van der Waals surface area contributed by atoms with E-state index in [0.717, 1.165) is 11.3 Å². The highest BCUT2D eigenvalue weighted by molar-refractivity contribution is 6.31. The lowest BCUT2D eigenvalue weighted by Crippen LogP contribution is -2.04. The van der Waals surface area contributed by atoms with Crippen LogP contribution in [0.2, 0.25) is 5.02 Å². The van der Waals surface area contributed by atoms with Gasteiger partial charge in [0.1, 0.15) is 12.1 Å². The lowest BCUT2D eigenvalue weighted by atomic mass is 10.2. The number of aromatic nitrogens is 3. The first-order valence-electron chi connectivity index (χ1n) is 7.07. The van der Waals surface area contributed by atoms with Gasteiger partial charge in [-0.2, -0.15) is 5.10 Å². The maximum atomic E-state index is 13.7. The monoisotopic (exact) mass is 331 g/mol. The molecule has 0 aliphatic carbocycles. The van der Waals surface area contributed by atoms with Crippen LogP contribution in [0.25, 0.3) is 0 Å². The third-order valence-electron chi connectivity index (χ3n) is 3.36. The standard InChI is InChI=1S/C16H15ClFN5/c17-14-2-1-3-15(18)13(14)9-19-12-6-4-11(5-7-12)8-20-16-21-10-22-23-16/h1-7,10,19H,8-9H2,(H2,20,21,22,23). The van der Waals surface area contributed by atoms with E-state index in [1.807, 2.05) is 24.3 Å². The van der Waals surface area contributed by atoms with Crippen molar-refractivity contribution in [2.45, 2.75) is 13.1 Å². The van der Waals surface area contributed by atoms with E-state index < -0.39 is 0 Å². The average Bonchev–Trinajstić information content (AvgIpc) is 3.07. The molecule has 3 N–H and O–H groups in total. The van der Waals surface area contributed by atoms with Gasteiger partial charge in [-0.3, -0.25) is 0 Å². The zero-order chi connectivity index (χ0) is 16.1. The van der Waals surface area contributed by atoms with E-state index >= 15 is 0 Å². The van der Waals surface area contributed by atoms with Crippen LogP contribution in [0.5, 0.6) is 0 Å². The van der Waals surface area contributed by atoms with Gasteiger partial charge in [0.05, 0.1) is 0 Å². The molecule has 1 aromatic heterocycles. The molecular formula is C16H15ClFN5. The van der Waals surface area contributed by atoms with Gasteiger partial charge in [0.15, 0.2) is 0 Å². The number of nitrogens with one attached hydrogen (secondary N) is 3. The van der Waals surface area contributed by atoms with E-state index in [4.69, 9.17) is 11.6 Å². The molecule has 0 amide bonds. The van der Waals surface area contributed by atoms with E-state index in [-0.39, 0.29) is 5.82 Å². The highest BCUT2D eigenvalue weighted by Crippen LogP contribution is 2.20. The Morgan fingerprint density at radius 2 is 1.87 bits per heavy atom. The van der Waals surface area contributed by atoms with Crippen LogP contribution in [0, 0.1) is 5.82 Å². The van der Waals surface area contributed by atoms with Gasteiger partial charge in [-0.15, -0.1) is 0 Å². The third kappa shape index (κ3) is 3.98. The Labute approximate surface area is 137 Å². The van der Waals surface area contributed by atoms with E-state index in [2.05, 4.69) is 25.8 Å². The molecule has 7 heteroatoms. The van der Waals surface area contributed by atoms with Gasteiger partial charge in [0, 0.05) is 29.4 Å². The van der Waals surface area contributed by atoms with Crippen LogP contribution in [-0.4, -0.2) is 15.2 Å².